The number of carbonyl (C=O) groups excluding carboxylic acids is 1. The maximum Gasteiger partial charge on any atom is 0.272 e. The van der Waals surface area contributed by atoms with Crippen LogP contribution in [-0.4, -0.2) is 20.9 Å². The number of benzene rings is 2. The smallest absolute Gasteiger partial charge is 0.272 e. The van der Waals surface area contributed by atoms with Gasteiger partial charge < -0.3 is 16.5 Å². The van der Waals surface area contributed by atoms with E-state index in [9.17, 15) is 9.59 Å². The van der Waals surface area contributed by atoms with Crippen molar-refractivity contribution in [3.8, 4) is 0 Å². The van der Waals surface area contributed by atoms with E-state index in [0.29, 0.717) is 34.7 Å². The molecule has 0 radical (unpaired) electrons. The summed E-state index contributed by atoms with van der Waals surface area (Å²) in [6.45, 7) is 2.82. The SMILES string of the molecule is Cc1ccn(NCc2ccc3nonc3c2)c(=O)c1CC(=O)NCc1cc(Cl)ccc1CN. The molecule has 0 bridgehead atoms. The summed E-state index contributed by atoms with van der Waals surface area (Å²) in [6, 6.07) is 12.7. The molecule has 0 spiro atoms. The van der Waals surface area contributed by atoms with Crippen molar-refractivity contribution < 1.29 is 9.42 Å². The van der Waals surface area contributed by atoms with Crippen molar-refractivity contribution >= 4 is 28.5 Å². The number of nitrogens with one attached hydrogen (secondary N) is 2. The average Bonchev–Trinajstić information content (AvgIpc) is 3.28. The highest BCUT2D eigenvalue weighted by molar-refractivity contribution is 6.30. The van der Waals surface area contributed by atoms with Crippen LogP contribution in [0.5, 0.6) is 0 Å². The lowest BCUT2D eigenvalue weighted by molar-refractivity contribution is -0.120. The first-order chi connectivity index (χ1) is 15.9. The molecular weight excluding hydrogens is 444 g/mol. The Labute approximate surface area is 194 Å². The van der Waals surface area contributed by atoms with E-state index in [0.717, 1.165) is 22.3 Å². The van der Waals surface area contributed by atoms with Gasteiger partial charge in [0.1, 0.15) is 11.0 Å². The second-order valence-corrected chi connectivity index (χ2v) is 8.08. The first-order valence-corrected chi connectivity index (χ1v) is 10.7. The number of rotatable bonds is 8. The number of amides is 1. The van der Waals surface area contributed by atoms with E-state index in [2.05, 4.69) is 21.1 Å². The Bertz CT molecular complexity index is 1360. The summed E-state index contributed by atoms with van der Waals surface area (Å²) in [5.41, 5.74) is 13.7. The predicted octanol–water partition coefficient (Wildman–Crippen LogP) is 2.41. The molecule has 0 fully saturated rings. The Morgan fingerprint density at radius 1 is 1.09 bits per heavy atom. The van der Waals surface area contributed by atoms with Crippen molar-refractivity contribution in [3.05, 3.63) is 91.9 Å². The van der Waals surface area contributed by atoms with Crippen LogP contribution in [0, 0.1) is 6.92 Å². The molecule has 1 amide bonds. The number of aromatic nitrogens is 3. The standard InChI is InChI=1S/C23H23ClN6O3/c1-14-6-7-30(27-12-15-2-5-20-21(8-15)29-33-28-20)23(32)19(14)10-22(31)26-13-17-9-18(24)4-3-16(17)11-25/h2-9,27H,10-13,25H2,1H3,(H,26,31). The first-order valence-electron chi connectivity index (χ1n) is 10.3. The summed E-state index contributed by atoms with van der Waals surface area (Å²) >= 11 is 6.06. The van der Waals surface area contributed by atoms with Crippen molar-refractivity contribution in [3.63, 3.8) is 0 Å². The minimum atomic E-state index is -0.278. The van der Waals surface area contributed by atoms with E-state index in [4.69, 9.17) is 22.0 Å². The number of carbonyl (C=O) groups is 1. The summed E-state index contributed by atoms with van der Waals surface area (Å²) in [6.07, 6.45) is 1.61. The Kier molecular flexibility index (Phi) is 6.71. The first kappa shape index (κ1) is 22.5. The van der Waals surface area contributed by atoms with Crippen LogP contribution < -0.4 is 22.0 Å². The van der Waals surface area contributed by atoms with Crippen molar-refractivity contribution in [2.75, 3.05) is 5.43 Å². The van der Waals surface area contributed by atoms with Gasteiger partial charge in [-0.3, -0.25) is 9.59 Å². The zero-order valence-electron chi connectivity index (χ0n) is 18.0. The van der Waals surface area contributed by atoms with Gasteiger partial charge in [0.25, 0.3) is 5.56 Å². The molecule has 170 valence electrons. The normalized spacial score (nSPS) is 11.0. The predicted molar refractivity (Wildman–Crippen MR) is 125 cm³/mol. The number of nitrogens with two attached hydrogens (primary N) is 1. The van der Waals surface area contributed by atoms with Gasteiger partial charge in [0.05, 0.1) is 13.0 Å². The summed E-state index contributed by atoms with van der Waals surface area (Å²) in [7, 11) is 0. The third-order valence-electron chi connectivity index (χ3n) is 5.40. The molecule has 10 heteroatoms. The highest BCUT2D eigenvalue weighted by Gasteiger charge is 2.13. The molecule has 2 aromatic heterocycles. The molecule has 2 heterocycles. The minimum Gasteiger partial charge on any atom is -0.352 e. The third-order valence-corrected chi connectivity index (χ3v) is 5.63. The molecule has 9 nitrogen and oxygen atoms in total. The summed E-state index contributed by atoms with van der Waals surface area (Å²) in [5, 5.41) is 11.0. The van der Waals surface area contributed by atoms with Gasteiger partial charge in [-0.15, -0.1) is 0 Å². The monoisotopic (exact) mass is 466 g/mol. The highest BCUT2D eigenvalue weighted by atomic mass is 35.5. The number of nitrogens with zero attached hydrogens (tertiary/aromatic N) is 3. The molecule has 4 aromatic rings. The molecular formula is C23H23ClN6O3. The average molecular weight is 467 g/mol. The quantitative estimate of drug-likeness (QED) is 0.363. The van der Waals surface area contributed by atoms with Gasteiger partial charge >= 0.3 is 0 Å². The van der Waals surface area contributed by atoms with E-state index in [1.165, 1.54) is 4.68 Å². The van der Waals surface area contributed by atoms with Crippen LogP contribution in [-0.2, 0) is 30.8 Å². The van der Waals surface area contributed by atoms with Gasteiger partial charge in [-0.1, -0.05) is 23.7 Å². The molecule has 0 saturated carbocycles. The number of halogens is 1. The third kappa shape index (κ3) is 5.21. The maximum absolute atomic E-state index is 13.0. The van der Waals surface area contributed by atoms with Gasteiger partial charge in [-0.2, -0.15) is 0 Å². The Morgan fingerprint density at radius 3 is 2.73 bits per heavy atom. The fourth-order valence-corrected chi connectivity index (χ4v) is 3.69. The largest absolute Gasteiger partial charge is 0.352 e. The van der Waals surface area contributed by atoms with Crippen LogP contribution in [0.15, 0.2) is 58.1 Å². The highest BCUT2D eigenvalue weighted by Crippen LogP contribution is 2.16. The van der Waals surface area contributed by atoms with E-state index in [1.807, 2.05) is 25.1 Å². The van der Waals surface area contributed by atoms with Crippen molar-refractivity contribution in [2.24, 2.45) is 5.73 Å². The lowest BCUT2D eigenvalue weighted by atomic mass is 10.1. The summed E-state index contributed by atoms with van der Waals surface area (Å²) in [5.74, 6) is -0.264. The van der Waals surface area contributed by atoms with E-state index < -0.39 is 0 Å². The van der Waals surface area contributed by atoms with Gasteiger partial charge in [0, 0.05) is 29.9 Å². The van der Waals surface area contributed by atoms with Crippen LogP contribution in [0.2, 0.25) is 5.02 Å². The van der Waals surface area contributed by atoms with Gasteiger partial charge in [-0.25, -0.2) is 9.31 Å². The molecule has 4 rings (SSSR count). The number of hydrogen-bond acceptors (Lipinski definition) is 7. The van der Waals surface area contributed by atoms with Crippen LogP contribution >= 0.6 is 11.6 Å². The van der Waals surface area contributed by atoms with Crippen LogP contribution in [0.3, 0.4) is 0 Å². The molecule has 0 aliphatic rings. The lowest BCUT2D eigenvalue weighted by Crippen LogP contribution is -2.34. The van der Waals surface area contributed by atoms with Gasteiger partial charge in [0.2, 0.25) is 5.91 Å². The fraction of sp³-hybridized carbons (Fsp3) is 0.217. The topological polar surface area (TPSA) is 128 Å². The minimum absolute atomic E-state index is 0.0394. The molecule has 0 aliphatic carbocycles. The zero-order valence-corrected chi connectivity index (χ0v) is 18.7. The molecule has 0 saturated heterocycles. The van der Waals surface area contributed by atoms with E-state index in [-0.39, 0.29) is 24.4 Å². The molecule has 0 aliphatic heterocycles. The van der Waals surface area contributed by atoms with Crippen molar-refractivity contribution in [2.45, 2.75) is 33.0 Å². The number of aryl methyl sites for hydroxylation is 1. The summed E-state index contributed by atoms with van der Waals surface area (Å²) < 4.78 is 6.09. The van der Waals surface area contributed by atoms with Crippen LogP contribution in [0.4, 0.5) is 0 Å². The second-order valence-electron chi connectivity index (χ2n) is 7.65. The maximum atomic E-state index is 13.0. The number of pyridine rings is 1. The van der Waals surface area contributed by atoms with Crippen molar-refractivity contribution in [1.82, 2.24) is 20.3 Å². The lowest BCUT2D eigenvalue weighted by Gasteiger charge is -2.14. The van der Waals surface area contributed by atoms with E-state index >= 15 is 0 Å². The Hall–Kier alpha value is -3.69. The molecule has 2 aromatic carbocycles. The second kappa shape index (κ2) is 9.85. The molecule has 33 heavy (non-hydrogen) atoms. The van der Waals surface area contributed by atoms with Crippen LogP contribution in [0.25, 0.3) is 11.0 Å². The van der Waals surface area contributed by atoms with Gasteiger partial charge in [-0.05, 0) is 69.8 Å². The van der Waals surface area contributed by atoms with E-state index in [1.54, 1.807) is 30.5 Å². The molecule has 0 atom stereocenters. The number of fused-ring (bicyclic) bond motifs is 1. The number of hydrogen-bond donors (Lipinski definition) is 3. The summed E-state index contributed by atoms with van der Waals surface area (Å²) in [4.78, 5) is 25.6. The van der Waals surface area contributed by atoms with Gasteiger partial charge in [0.15, 0.2) is 0 Å². The molecule has 4 N–H and O–H groups in total. The fourth-order valence-electron chi connectivity index (χ4n) is 3.50. The van der Waals surface area contributed by atoms with Crippen LogP contribution in [0.1, 0.15) is 27.8 Å². The molecule has 0 unspecified atom stereocenters. The Morgan fingerprint density at radius 2 is 1.91 bits per heavy atom. The Balaban J connectivity index is 1.43. The zero-order chi connectivity index (χ0) is 23.4. The van der Waals surface area contributed by atoms with Crippen molar-refractivity contribution in [1.29, 1.82) is 0 Å².